The predicted octanol–water partition coefficient (Wildman–Crippen LogP) is 5.04. The molecule has 12 heteroatoms. The van der Waals surface area contributed by atoms with Gasteiger partial charge in [0.1, 0.15) is 17.6 Å². The highest BCUT2D eigenvalue weighted by atomic mass is 16.6. The number of aliphatic hydroxyl groups excluding tert-OH is 1. The molecule has 2 aromatic rings. The van der Waals surface area contributed by atoms with E-state index >= 15 is 0 Å². The van der Waals surface area contributed by atoms with Crippen molar-refractivity contribution in [1.29, 1.82) is 0 Å². The Morgan fingerprint density at radius 1 is 1.06 bits per heavy atom. The molecule has 5 unspecified atom stereocenters. The van der Waals surface area contributed by atoms with Gasteiger partial charge in [0.15, 0.2) is 6.10 Å². The van der Waals surface area contributed by atoms with Crippen molar-refractivity contribution < 1.29 is 43.9 Å². The Morgan fingerprint density at radius 3 is 2.36 bits per heavy atom. The van der Waals surface area contributed by atoms with Crippen LogP contribution in [0.2, 0.25) is 0 Å². The number of anilines is 2. The number of nitrogens with two attached hydrogens (primary N) is 1. The van der Waals surface area contributed by atoms with Gasteiger partial charge < -0.3 is 45.9 Å². The molecule has 47 heavy (non-hydrogen) atoms. The minimum atomic E-state index is -1.04. The first-order valence-corrected chi connectivity index (χ1v) is 14.9. The Morgan fingerprint density at radius 2 is 1.74 bits per heavy atom. The van der Waals surface area contributed by atoms with Crippen molar-refractivity contribution in [2.24, 2.45) is 11.7 Å². The summed E-state index contributed by atoms with van der Waals surface area (Å²) < 4.78 is 16.6. The normalized spacial score (nSPS) is 22.7. The first kappa shape index (κ1) is 36.6. The number of phenols is 2. The maximum atomic E-state index is 13.1. The number of allylic oxidation sites excluding steroid dienone is 2. The van der Waals surface area contributed by atoms with Gasteiger partial charge in [-0.15, -0.1) is 0 Å². The van der Waals surface area contributed by atoms with Gasteiger partial charge in [-0.3, -0.25) is 9.59 Å². The van der Waals surface area contributed by atoms with E-state index in [0.717, 1.165) is 6.07 Å². The molecule has 0 aromatic heterocycles. The molecule has 0 fully saturated rings. The second-order valence-corrected chi connectivity index (χ2v) is 11.4. The maximum absolute atomic E-state index is 13.1. The van der Waals surface area contributed by atoms with Gasteiger partial charge >= 0.3 is 6.09 Å². The van der Waals surface area contributed by atoms with Crippen LogP contribution in [0.3, 0.4) is 0 Å². The van der Waals surface area contributed by atoms with Crippen LogP contribution in [-0.4, -0.2) is 71.9 Å². The number of aromatic hydroxyl groups is 2. The number of benzene rings is 2. The van der Waals surface area contributed by atoms with Crippen LogP contribution in [0.4, 0.5) is 16.2 Å². The molecule has 0 radical (unpaired) electrons. The molecule has 1 aliphatic heterocycles. The third-order valence-electron chi connectivity index (χ3n) is 7.77. The first-order valence-electron chi connectivity index (χ1n) is 14.9. The molecule has 3 rings (SSSR count). The molecule has 3 amide bonds. The summed E-state index contributed by atoms with van der Waals surface area (Å²) in [5, 5.41) is 39.0. The molecule has 1 heterocycles. The van der Waals surface area contributed by atoms with E-state index < -0.39 is 59.7 Å². The van der Waals surface area contributed by atoms with E-state index in [1.807, 2.05) is 0 Å². The summed E-state index contributed by atoms with van der Waals surface area (Å²) in [5.74, 6) is -2.45. The van der Waals surface area contributed by atoms with Crippen molar-refractivity contribution in [2.45, 2.75) is 58.5 Å². The topological polar surface area (TPSA) is 190 Å². The fourth-order valence-electron chi connectivity index (χ4n) is 5.19. The van der Waals surface area contributed by atoms with Gasteiger partial charge in [0, 0.05) is 42.9 Å². The number of hydrogen-bond donors (Lipinski definition) is 6. The molecular weight excluding hydrogens is 606 g/mol. The number of carbonyl (C=O) groups is 3. The number of phenolic OH excluding ortho intramolecular Hbond substituents is 2. The van der Waals surface area contributed by atoms with Gasteiger partial charge in [-0.1, -0.05) is 55.0 Å². The molecule has 0 saturated heterocycles. The number of aliphatic hydroxyl groups is 1. The summed E-state index contributed by atoms with van der Waals surface area (Å²) in [5.41, 5.74) is 6.90. The van der Waals surface area contributed by atoms with E-state index in [1.165, 1.54) is 39.4 Å². The van der Waals surface area contributed by atoms with Crippen LogP contribution in [0, 0.1) is 5.92 Å². The van der Waals surface area contributed by atoms with Crippen LogP contribution in [0.5, 0.6) is 11.5 Å². The average Bonchev–Trinajstić information content (AvgIpc) is 3.04. The molecule has 2 bridgehead atoms. The molecule has 7 N–H and O–H groups in total. The van der Waals surface area contributed by atoms with Crippen molar-refractivity contribution >= 4 is 35.4 Å². The van der Waals surface area contributed by atoms with Gasteiger partial charge in [-0.25, -0.2) is 4.79 Å². The Bertz CT molecular complexity index is 1580. The lowest BCUT2D eigenvalue weighted by Gasteiger charge is -2.28. The lowest BCUT2D eigenvalue weighted by molar-refractivity contribution is -0.112. The third kappa shape index (κ3) is 9.55. The van der Waals surface area contributed by atoms with Crippen LogP contribution in [-0.2, 0) is 19.0 Å². The van der Waals surface area contributed by atoms with E-state index in [2.05, 4.69) is 10.6 Å². The van der Waals surface area contributed by atoms with Crippen molar-refractivity contribution in [1.82, 2.24) is 0 Å². The van der Waals surface area contributed by atoms with Crippen LogP contribution < -0.4 is 16.4 Å². The lowest BCUT2D eigenvalue weighted by atomic mass is 9.91. The highest BCUT2D eigenvalue weighted by molar-refractivity contribution is 6.08. The molecule has 0 saturated carbocycles. The number of hydrogen-bond acceptors (Lipinski definition) is 9. The van der Waals surface area contributed by atoms with E-state index in [9.17, 15) is 29.7 Å². The van der Waals surface area contributed by atoms with E-state index in [1.54, 1.807) is 63.3 Å². The Kier molecular flexibility index (Phi) is 12.9. The maximum Gasteiger partial charge on any atom is 0.405 e. The number of fused-ring (bicyclic) bond motifs is 2. The summed E-state index contributed by atoms with van der Waals surface area (Å²) in [6.45, 7) is 6.76. The minimum absolute atomic E-state index is 0.0315. The van der Waals surface area contributed by atoms with Crippen molar-refractivity contribution in [3.8, 4) is 11.5 Å². The summed E-state index contributed by atoms with van der Waals surface area (Å²) in [6, 6.07) is 9.47. The Labute approximate surface area is 274 Å². The predicted molar refractivity (Wildman–Crippen MR) is 179 cm³/mol. The smallest absolute Gasteiger partial charge is 0.405 e. The second-order valence-electron chi connectivity index (χ2n) is 11.4. The van der Waals surface area contributed by atoms with Gasteiger partial charge in [-0.2, -0.15) is 0 Å². The molecular formula is C35H43N3O9. The van der Waals surface area contributed by atoms with Crippen LogP contribution in [0.1, 0.15) is 50.0 Å². The lowest BCUT2D eigenvalue weighted by Crippen LogP contribution is -2.36. The van der Waals surface area contributed by atoms with Crippen LogP contribution >= 0.6 is 0 Å². The number of methoxy groups -OCH3 is 2. The summed E-state index contributed by atoms with van der Waals surface area (Å²) >= 11 is 0. The van der Waals surface area contributed by atoms with Gasteiger partial charge in [0.25, 0.3) is 11.8 Å². The molecule has 2 aromatic carbocycles. The zero-order valence-electron chi connectivity index (χ0n) is 27.3. The molecule has 1 aliphatic rings. The van der Waals surface area contributed by atoms with Crippen molar-refractivity contribution in [3.05, 3.63) is 88.5 Å². The molecule has 12 nitrogen and oxygen atoms in total. The Balaban J connectivity index is 2.18. The number of rotatable bonds is 5. The fraction of sp³-hybridized carbons (Fsp3) is 0.343. The van der Waals surface area contributed by atoms with E-state index in [4.69, 9.17) is 19.9 Å². The quantitative estimate of drug-likeness (QED) is 0.146. The van der Waals surface area contributed by atoms with Gasteiger partial charge in [0.2, 0.25) is 0 Å². The number of nitrogens with one attached hydrogen (secondary N) is 2. The average molecular weight is 650 g/mol. The van der Waals surface area contributed by atoms with Crippen molar-refractivity contribution in [3.63, 3.8) is 0 Å². The molecule has 252 valence electrons. The highest BCUT2D eigenvalue weighted by Gasteiger charge is 2.29. The standard InChI is InChI=1S/C35H43N3O9/c1-19-15-24-29(38-34(43)23-12-8-7-9-13-23)26(39)18-25(31(24)41)37-33(42)20(2)11-10-14-27(45-5)32(47-35(36)44)22(4)17-21(3)30(40)28(16-19)46-6/h7-15,17-18,21,27-28,30,32,39-41H,16H2,1-6H3,(H2,36,44)(H,37,42)(H,38,43). The summed E-state index contributed by atoms with van der Waals surface area (Å²) in [4.78, 5) is 38.0. The van der Waals surface area contributed by atoms with E-state index in [0.29, 0.717) is 16.7 Å². The molecule has 5 atom stereocenters. The summed E-state index contributed by atoms with van der Waals surface area (Å²) in [7, 11) is 2.87. The fourth-order valence-corrected chi connectivity index (χ4v) is 5.19. The Hall–Kier alpha value is -4.91. The molecule has 0 spiro atoms. The number of carbonyl (C=O) groups excluding carboxylic acids is 3. The largest absolute Gasteiger partial charge is 0.506 e. The zero-order chi connectivity index (χ0) is 34.8. The SMILES string of the molecule is COC1C=CC=C(C)C(=O)Nc2cc(O)c(NC(=O)c3ccccc3)c(c2O)C=C(C)CC(OC)C(O)C(C)C=C(C)C1OC(N)=O. The van der Waals surface area contributed by atoms with Gasteiger partial charge in [0.05, 0.1) is 23.6 Å². The van der Waals surface area contributed by atoms with Gasteiger partial charge in [-0.05, 0) is 51.0 Å². The van der Waals surface area contributed by atoms with E-state index in [-0.39, 0.29) is 28.9 Å². The van der Waals surface area contributed by atoms with Crippen LogP contribution in [0.25, 0.3) is 6.08 Å². The first-order chi connectivity index (χ1) is 22.3. The highest BCUT2D eigenvalue weighted by Crippen LogP contribution is 2.42. The van der Waals surface area contributed by atoms with Crippen LogP contribution in [0.15, 0.2) is 77.4 Å². The number of ether oxygens (including phenoxy) is 3. The second kappa shape index (κ2) is 16.6. The monoisotopic (exact) mass is 649 g/mol. The van der Waals surface area contributed by atoms with Crippen molar-refractivity contribution in [2.75, 3.05) is 24.9 Å². The summed E-state index contributed by atoms with van der Waals surface area (Å²) in [6.07, 6.45) is 3.50. The molecule has 0 aliphatic carbocycles. The number of amides is 3. The zero-order valence-corrected chi connectivity index (χ0v) is 27.3. The third-order valence-corrected chi connectivity index (χ3v) is 7.77. The minimum Gasteiger partial charge on any atom is -0.506 e. The number of primary amides is 1.